The molecular formula is C9H11N3O3. The lowest BCUT2D eigenvalue weighted by atomic mass is 10.2. The molecule has 0 fully saturated rings. The largest absolute Gasteiger partial charge is 0.508 e. The molecule has 0 radical (unpaired) electrons. The Morgan fingerprint density at radius 2 is 1.73 bits per heavy atom. The number of benzene rings is 1. The van der Waals surface area contributed by atoms with Crippen molar-refractivity contribution in [3.05, 3.63) is 29.8 Å². The van der Waals surface area contributed by atoms with Gasteiger partial charge in [-0.1, -0.05) is 0 Å². The van der Waals surface area contributed by atoms with Crippen molar-refractivity contribution in [2.75, 3.05) is 7.05 Å². The Morgan fingerprint density at radius 1 is 1.13 bits per heavy atom. The van der Waals surface area contributed by atoms with Crippen LogP contribution in [0.4, 0.5) is 4.79 Å². The zero-order valence-corrected chi connectivity index (χ0v) is 8.07. The zero-order chi connectivity index (χ0) is 11.3. The molecule has 6 nitrogen and oxygen atoms in total. The van der Waals surface area contributed by atoms with Crippen LogP contribution in [0.25, 0.3) is 0 Å². The number of amides is 3. The topological polar surface area (TPSA) is 90.5 Å². The fraction of sp³-hybridized carbons (Fsp3) is 0.111. The first-order chi connectivity index (χ1) is 7.13. The number of aromatic hydroxyl groups is 1. The molecule has 6 heteroatoms. The molecule has 0 saturated carbocycles. The maximum atomic E-state index is 11.3. The van der Waals surface area contributed by atoms with Gasteiger partial charge in [0.1, 0.15) is 5.75 Å². The van der Waals surface area contributed by atoms with Gasteiger partial charge in [0, 0.05) is 12.6 Å². The van der Waals surface area contributed by atoms with E-state index < -0.39 is 11.9 Å². The first-order valence-corrected chi connectivity index (χ1v) is 4.20. The van der Waals surface area contributed by atoms with Gasteiger partial charge >= 0.3 is 6.03 Å². The standard InChI is InChI=1S/C9H11N3O3/c1-10-9(15)12-11-8(14)6-2-4-7(13)5-3-6/h2-5,13H,1H3,(H,11,14)(H2,10,12,15). The monoisotopic (exact) mass is 209 g/mol. The van der Waals surface area contributed by atoms with E-state index in [1.807, 2.05) is 0 Å². The Labute approximate surface area is 86.3 Å². The summed E-state index contributed by atoms with van der Waals surface area (Å²) in [7, 11) is 1.43. The van der Waals surface area contributed by atoms with Gasteiger partial charge in [0.15, 0.2) is 0 Å². The van der Waals surface area contributed by atoms with E-state index in [9.17, 15) is 9.59 Å². The molecule has 0 spiro atoms. The van der Waals surface area contributed by atoms with Crippen molar-refractivity contribution < 1.29 is 14.7 Å². The number of phenols is 1. The molecule has 1 rings (SSSR count). The molecule has 0 heterocycles. The Hall–Kier alpha value is -2.24. The van der Waals surface area contributed by atoms with Crippen LogP contribution in [-0.4, -0.2) is 24.1 Å². The number of hydrogen-bond donors (Lipinski definition) is 4. The van der Waals surface area contributed by atoms with Gasteiger partial charge in [-0.05, 0) is 24.3 Å². The second-order valence-electron chi connectivity index (χ2n) is 2.71. The Bertz CT molecular complexity index is 361. The van der Waals surface area contributed by atoms with Crippen molar-refractivity contribution in [1.82, 2.24) is 16.2 Å². The highest BCUT2D eigenvalue weighted by Gasteiger charge is 2.05. The van der Waals surface area contributed by atoms with E-state index in [4.69, 9.17) is 5.11 Å². The van der Waals surface area contributed by atoms with Crippen LogP contribution >= 0.6 is 0 Å². The summed E-state index contributed by atoms with van der Waals surface area (Å²) in [5.74, 6) is -0.385. The van der Waals surface area contributed by atoms with E-state index in [0.29, 0.717) is 5.56 Å². The van der Waals surface area contributed by atoms with Crippen molar-refractivity contribution in [2.45, 2.75) is 0 Å². The van der Waals surface area contributed by atoms with Gasteiger partial charge in [-0.25, -0.2) is 10.2 Å². The summed E-state index contributed by atoms with van der Waals surface area (Å²) in [6.07, 6.45) is 0. The van der Waals surface area contributed by atoms with Crippen LogP contribution in [0, 0.1) is 0 Å². The highest BCUT2D eigenvalue weighted by atomic mass is 16.3. The maximum Gasteiger partial charge on any atom is 0.333 e. The Morgan fingerprint density at radius 3 is 2.27 bits per heavy atom. The van der Waals surface area contributed by atoms with Crippen LogP contribution in [0.1, 0.15) is 10.4 Å². The molecule has 15 heavy (non-hydrogen) atoms. The number of nitrogens with one attached hydrogen (secondary N) is 3. The molecule has 0 unspecified atom stereocenters. The lowest BCUT2D eigenvalue weighted by Crippen LogP contribution is -2.45. The normalized spacial score (nSPS) is 9.13. The molecular weight excluding hydrogens is 198 g/mol. The third-order valence-electron chi connectivity index (χ3n) is 1.65. The molecule has 0 atom stereocenters. The van der Waals surface area contributed by atoms with Crippen molar-refractivity contribution >= 4 is 11.9 Å². The van der Waals surface area contributed by atoms with Crippen molar-refractivity contribution in [3.8, 4) is 5.75 Å². The minimum Gasteiger partial charge on any atom is -0.508 e. The molecule has 0 aliphatic rings. The fourth-order valence-corrected chi connectivity index (χ4v) is 0.861. The third-order valence-corrected chi connectivity index (χ3v) is 1.65. The highest BCUT2D eigenvalue weighted by Crippen LogP contribution is 2.08. The van der Waals surface area contributed by atoms with Crippen LogP contribution in [0.5, 0.6) is 5.75 Å². The number of carbonyl (C=O) groups excluding carboxylic acids is 2. The zero-order valence-electron chi connectivity index (χ0n) is 8.07. The molecule has 0 aliphatic carbocycles. The van der Waals surface area contributed by atoms with Crippen molar-refractivity contribution in [2.24, 2.45) is 0 Å². The summed E-state index contributed by atoms with van der Waals surface area (Å²) < 4.78 is 0. The number of phenolic OH excluding ortho intramolecular Hbond substituents is 1. The van der Waals surface area contributed by atoms with Gasteiger partial charge < -0.3 is 10.4 Å². The molecule has 1 aromatic carbocycles. The van der Waals surface area contributed by atoms with E-state index in [1.54, 1.807) is 0 Å². The van der Waals surface area contributed by atoms with Gasteiger partial charge in [0.2, 0.25) is 0 Å². The van der Waals surface area contributed by atoms with Crippen molar-refractivity contribution in [1.29, 1.82) is 0 Å². The van der Waals surface area contributed by atoms with E-state index in [0.717, 1.165) is 0 Å². The number of hydrazine groups is 1. The van der Waals surface area contributed by atoms with Gasteiger partial charge in [0.25, 0.3) is 5.91 Å². The SMILES string of the molecule is CNC(=O)NNC(=O)c1ccc(O)cc1. The first kappa shape index (κ1) is 10.8. The van der Waals surface area contributed by atoms with Gasteiger partial charge in [-0.3, -0.25) is 10.2 Å². The van der Waals surface area contributed by atoms with Gasteiger partial charge in [0.05, 0.1) is 0 Å². The van der Waals surface area contributed by atoms with Crippen LogP contribution in [0.3, 0.4) is 0 Å². The number of rotatable bonds is 1. The van der Waals surface area contributed by atoms with Crippen LogP contribution in [0.15, 0.2) is 24.3 Å². The molecule has 3 amide bonds. The average Bonchev–Trinajstić information content (AvgIpc) is 2.26. The predicted molar refractivity (Wildman–Crippen MR) is 53.2 cm³/mol. The summed E-state index contributed by atoms with van der Waals surface area (Å²) in [5, 5.41) is 11.3. The van der Waals surface area contributed by atoms with Gasteiger partial charge in [-0.2, -0.15) is 0 Å². The minimum atomic E-state index is -0.512. The highest BCUT2D eigenvalue weighted by molar-refractivity contribution is 5.95. The molecule has 4 N–H and O–H groups in total. The molecule has 1 aromatic rings. The fourth-order valence-electron chi connectivity index (χ4n) is 0.861. The van der Waals surface area contributed by atoms with Crippen LogP contribution in [-0.2, 0) is 0 Å². The maximum absolute atomic E-state index is 11.3. The lowest BCUT2D eigenvalue weighted by molar-refractivity contribution is 0.0936. The molecule has 0 aliphatic heterocycles. The summed E-state index contributed by atoms with van der Waals surface area (Å²) in [4.78, 5) is 22.1. The molecule has 0 bridgehead atoms. The number of urea groups is 1. The van der Waals surface area contributed by atoms with E-state index in [2.05, 4.69) is 16.2 Å². The molecule has 0 aromatic heterocycles. The summed E-state index contributed by atoms with van der Waals surface area (Å²) in [6, 6.07) is 5.14. The van der Waals surface area contributed by atoms with Gasteiger partial charge in [-0.15, -0.1) is 0 Å². The smallest absolute Gasteiger partial charge is 0.333 e. The summed E-state index contributed by atoms with van der Waals surface area (Å²) in [5.41, 5.74) is 4.66. The molecule has 0 saturated heterocycles. The second-order valence-corrected chi connectivity index (χ2v) is 2.71. The van der Waals surface area contributed by atoms with E-state index in [1.165, 1.54) is 31.3 Å². The third kappa shape index (κ3) is 3.18. The first-order valence-electron chi connectivity index (χ1n) is 4.20. The van der Waals surface area contributed by atoms with E-state index in [-0.39, 0.29) is 5.75 Å². The predicted octanol–water partition coefficient (Wildman–Crippen LogP) is -0.0340. The van der Waals surface area contributed by atoms with Crippen molar-refractivity contribution in [3.63, 3.8) is 0 Å². The number of carbonyl (C=O) groups is 2. The number of hydrogen-bond acceptors (Lipinski definition) is 3. The second kappa shape index (κ2) is 4.85. The van der Waals surface area contributed by atoms with Crippen LogP contribution < -0.4 is 16.2 Å². The average molecular weight is 209 g/mol. The van der Waals surface area contributed by atoms with Crippen LogP contribution in [0.2, 0.25) is 0 Å². The minimum absolute atomic E-state index is 0.0748. The Balaban J connectivity index is 2.54. The summed E-state index contributed by atoms with van der Waals surface area (Å²) in [6.45, 7) is 0. The summed E-state index contributed by atoms with van der Waals surface area (Å²) >= 11 is 0. The van der Waals surface area contributed by atoms with E-state index >= 15 is 0 Å². The lowest BCUT2D eigenvalue weighted by Gasteiger charge is -2.06. The Kier molecular flexibility index (Phi) is 3.50. The quantitative estimate of drug-likeness (QED) is 0.489. The molecule has 80 valence electrons.